The van der Waals surface area contributed by atoms with E-state index >= 15 is 0 Å². The number of aryl methyl sites for hydroxylation is 2. The molecule has 0 amide bonds. The normalized spacial score (nSPS) is 16.7. The van der Waals surface area contributed by atoms with Crippen LogP contribution in [0.1, 0.15) is 50.8 Å². The van der Waals surface area contributed by atoms with E-state index in [9.17, 15) is 23.7 Å². The lowest BCUT2D eigenvalue weighted by Crippen LogP contribution is -2.23. The van der Waals surface area contributed by atoms with Crippen molar-refractivity contribution in [2.24, 2.45) is 5.41 Å². The molecule has 23 heavy (non-hydrogen) atoms. The summed E-state index contributed by atoms with van der Waals surface area (Å²) in [4.78, 5) is 0. The van der Waals surface area contributed by atoms with Gasteiger partial charge in [-0.3, -0.25) is 4.68 Å². The first-order valence-electron chi connectivity index (χ1n) is 7.57. The van der Waals surface area contributed by atoms with E-state index in [1.165, 1.54) is 0 Å². The minimum atomic E-state index is -4.37. The van der Waals surface area contributed by atoms with Gasteiger partial charge in [0.25, 0.3) is 0 Å². The van der Waals surface area contributed by atoms with Gasteiger partial charge in [-0.1, -0.05) is 13.8 Å². The molecule has 0 unspecified atom stereocenters. The highest BCUT2D eigenvalue weighted by atomic mass is 19.4. The molecule has 0 bridgehead atoms. The minimum absolute atomic E-state index is 0.00157. The van der Waals surface area contributed by atoms with Gasteiger partial charge in [-0.15, -0.1) is 0 Å². The van der Waals surface area contributed by atoms with Crippen molar-refractivity contribution in [2.75, 3.05) is 0 Å². The average molecular weight is 324 g/mol. The Kier molecular flexibility index (Phi) is 4.43. The second-order valence-electron chi connectivity index (χ2n) is 6.82. The van der Waals surface area contributed by atoms with Crippen LogP contribution in [0.25, 0.3) is 0 Å². The first-order chi connectivity index (χ1) is 10.6. The molecule has 1 aliphatic carbocycles. The fourth-order valence-corrected chi connectivity index (χ4v) is 2.93. The van der Waals surface area contributed by atoms with Crippen molar-refractivity contribution in [3.63, 3.8) is 0 Å². The van der Waals surface area contributed by atoms with E-state index < -0.39 is 24.4 Å². The molecule has 0 N–H and O–H groups in total. The molecule has 0 atom stereocenters. The molecular formula is C16H19F3N4. The molecule has 4 nitrogen and oxygen atoms in total. The number of fused-ring (bicyclic) bond motifs is 1. The average Bonchev–Trinajstić information content (AvgIpc) is 3.00. The first kappa shape index (κ1) is 17.3. The molecule has 0 radical (unpaired) electrons. The van der Waals surface area contributed by atoms with Gasteiger partial charge in [0.05, 0.1) is 17.8 Å². The molecule has 0 aliphatic heterocycles. The Morgan fingerprint density at radius 1 is 1.22 bits per heavy atom. The lowest BCUT2D eigenvalue weighted by molar-refractivity contribution is -0.138. The number of halogens is 3. The first-order valence-corrected chi connectivity index (χ1v) is 7.57. The Bertz CT molecular complexity index is 644. The molecule has 0 aromatic carbocycles. The lowest BCUT2D eigenvalue weighted by atomic mass is 9.83. The zero-order valence-electron chi connectivity index (χ0n) is 13.2. The van der Waals surface area contributed by atoms with E-state index in [1.54, 1.807) is 16.8 Å². The van der Waals surface area contributed by atoms with E-state index in [-0.39, 0.29) is 18.4 Å². The molecule has 1 aromatic rings. The highest BCUT2D eigenvalue weighted by Crippen LogP contribution is 2.37. The van der Waals surface area contributed by atoms with Gasteiger partial charge in [0, 0.05) is 24.6 Å². The predicted octanol–water partition coefficient (Wildman–Crippen LogP) is 3.87. The van der Waals surface area contributed by atoms with Crippen LogP contribution in [0.3, 0.4) is 0 Å². The maximum absolute atomic E-state index is 12.4. The molecular weight excluding hydrogens is 305 g/mol. The van der Waals surface area contributed by atoms with Crippen LogP contribution in [-0.2, 0) is 18.4 Å². The fraction of sp³-hybridized carbons (Fsp3) is 0.688. The number of alkyl halides is 3. The number of hydrogen-bond acceptors (Lipinski definition) is 3. The second kappa shape index (κ2) is 5.88. The summed E-state index contributed by atoms with van der Waals surface area (Å²) in [5.41, 5.74) is 0.525. The Morgan fingerprint density at radius 2 is 1.87 bits per heavy atom. The van der Waals surface area contributed by atoms with Crippen molar-refractivity contribution < 1.29 is 13.2 Å². The summed E-state index contributed by atoms with van der Waals surface area (Å²) >= 11 is 0. The van der Waals surface area contributed by atoms with Gasteiger partial charge in [-0.25, -0.2) is 0 Å². The lowest BCUT2D eigenvalue weighted by Gasteiger charge is -2.20. The van der Waals surface area contributed by atoms with Gasteiger partial charge in [0.15, 0.2) is 0 Å². The molecule has 0 spiro atoms. The van der Waals surface area contributed by atoms with Gasteiger partial charge >= 0.3 is 6.18 Å². The zero-order chi connectivity index (χ0) is 17.3. The van der Waals surface area contributed by atoms with Gasteiger partial charge in [-0.2, -0.15) is 28.8 Å². The van der Waals surface area contributed by atoms with Crippen molar-refractivity contribution in [3.05, 3.63) is 17.5 Å². The summed E-state index contributed by atoms with van der Waals surface area (Å²) in [6, 6.07) is 3.54. The number of aromatic nitrogens is 2. The van der Waals surface area contributed by atoms with Crippen LogP contribution in [0, 0.1) is 28.1 Å². The van der Waals surface area contributed by atoms with Gasteiger partial charge in [0.1, 0.15) is 5.41 Å². The van der Waals surface area contributed by atoms with Crippen molar-refractivity contribution in [1.82, 2.24) is 9.78 Å². The highest BCUT2D eigenvalue weighted by molar-refractivity contribution is 5.30. The molecule has 1 aliphatic rings. The molecule has 1 aromatic heterocycles. The quantitative estimate of drug-likeness (QED) is 0.825. The molecule has 0 saturated heterocycles. The standard InChI is InChI=1S/C16H19F3N4/c1-14(2)4-3-12-9-23(22-13(12)14)8-7-15(10-20,11-21)5-6-16(17,18)19/h9H,3-8H2,1-2H3. The molecule has 0 fully saturated rings. The Labute approximate surface area is 133 Å². The van der Waals surface area contributed by atoms with Gasteiger partial charge < -0.3 is 0 Å². The van der Waals surface area contributed by atoms with Crippen LogP contribution >= 0.6 is 0 Å². The summed E-state index contributed by atoms with van der Waals surface area (Å²) < 4.78 is 38.8. The summed E-state index contributed by atoms with van der Waals surface area (Å²) in [7, 11) is 0. The summed E-state index contributed by atoms with van der Waals surface area (Å²) in [6.45, 7) is 4.48. The topological polar surface area (TPSA) is 65.4 Å². The zero-order valence-corrected chi connectivity index (χ0v) is 13.2. The number of hydrogen-bond donors (Lipinski definition) is 0. The Morgan fingerprint density at radius 3 is 2.39 bits per heavy atom. The van der Waals surface area contributed by atoms with Crippen molar-refractivity contribution >= 4 is 0 Å². The number of nitriles is 2. The van der Waals surface area contributed by atoms with Crippen molar-refractivity contribution in [3.8, 4) is 12.1 Å². The highest BCUT2D eigenvalue weighted by Gasteiger charge is 2.37. The SMILES string of the molecule is CC1(C)CCc2cn(CCC(C#N)(C#N)CCC(F)(F)F)nc21. The maximum atomic E-state index is 12.4. The number of nitrogens with zero attached hydrogens (tertiary/aromatic N) is 4. The summed E-state index contributed by atoms with van der Waals surface area (Å²) in [5, 5.41) is 22.9. The van der Waals surface area contributed by atoms with E-state index in [2.05, 4.69) is 18.9 Å². The third-order valence-electron chi connectivity index (χ3n) is 4.53. The minimum Gasteiger partial charge on any atom is -0.272 e. The van der Waals surface area contributed by atoms with Crippen LogP contribution in [0.5, 0.6) is 0 Å². The molecule has 2 rings (SSSR count). The Hall–Kier alpha value is -2.02. The van der Waals surface area contributed by atoms with Crippen LogP contribution < -0.4 is 0 Å². The van der Waals surface area contributed by atoms with Gasteiger partial charge in [0.2, 0.25) is 0 Å². The van der Waals surface area contributed by atoms with E-state index in [0.717, 1.165) is 24.1 Å². The second-order valence-corrected chi connectivity index (χ2v) is 6.82. The summed E-state index contributed by atoms with van der Waals surface area (Å²) in [6.07, 6.45) is -2.12. The van der Waals surface area contributed by atoms with Crippen LogP contribution in [-0.4, -0.2) is 16.0 Å². The fourth-order valence-electron chi connectivity index (χ4n) is 2.93. The van der Waals surface area contributed by atoms with Crippen LogP contribution in [0.15, 0.2) is 6.20 Å². The van der Waals surface area contributed by atoms with Crippen LogP contribution in [0.2, 0.25) is 0 Å². The molecule has 1 heterocycles. The van der Waals surface area contributed by atoms with Gasteiger partial charge in [-0.05, 0) is 31.2 Å². The molecule has 7 heteroatoms. The largest absolute Gasteiger partial charge is 0.389 e. The molecule has 124 valence electrons. The third-order valence-corrected chi connectivity index (χ3v) is 4.53. The van der Waals surface area contributed by atoms with E-state index in [1.807, 2.05) is 6.20 Å². The summed E-state index contributed by atoms with van der Waals surface area (Å²) in [5.74, 6) is 0. The number of rotatable bonds is 5. The Balaban J connectivity index is 2.06. The smallest absolute Gasteiger partial charge is 0.272 e. The van der Waals surface area contributed by atoms with E-state index in [4.69, 9.17) is 0 Å². The third kappa shape index (κ3) is 3.85. The molecule has 0 saturated carbocycles. The van der Waals surface area contributed by atoms with Crippen molar-refractivity contribution in [2.45, 2.75) is 64.1 Å². The maximum Gasteiger partial charge on any atom is 0.389 e. The van der Waals surface area contributed by atoms with Crippen molar-refractivity contribution in [1.29, 1.82) is 10.5 Å². The van der Waals surface area contributed by atoms with Crippen LogP contribution in [0.4, 0.5) is 13.2 Å². The van der Waals surface area contributed by atoms with E-state index in [0.29, 0.717) is 0 Å². The monoisotopic (exact) mass is 324 g/mol. The predicted molar refractivity (Wildman–Crippen MR) is 77.1 cm³/mol.